The average Bonchev–Trinajstić information content (AvgIpc) is 3.26. The topological polar surface area (TPSA) is 202 Å². The lowest BCUT2D eigenvalue weighted by Gasteiger charge is -2.38. The minimum atomic E-state index is -5.08. The van der Waals surface area contributed by atoms with E-state index in [2.05, 4.69) is 10.0 Å². The van der Waals surface area contributed by atoms with E-state index in [-0.39, 0.29) is 36.1 Å². The summed E-state index contributed by atoms with van der Waals surface area (Å²) in [6.45, 7) is 5.20. The highest BCUT2D eigenvalue weighted by molar-refractivity contribution is 7.99. The number of aliphatic carboxylic acids is 1. The number of sulfonamides is 1. The summed E-state index contributed by atoms with van der Waals surface area (Å²) in [5.74, 6) is -3.72. The number of halogens is 3. The predicted molar refractivity (Wildman–Crippen MR) is 187 cm³/mol. The first-order valence-electron chi connectivity index (χ1n) is 16.4. The second kappa shape index (κ2) is 16.9. The van der Waals surface area contributed by atoms with Crippen molar-refractivity contribution in [1.29, 1.82) is 0 Å². The molecule has 4 rings (SSSR count). The zero-order chi connectivity index (χ0) is 39.1. The molecule has 1 fully saturated rings. The standard InChI is InChI=1S/C32H44N4O7S2.C2HF3O2/c1-5-36(29(37)27(34-30(38)31(2,3)33)22-43-21-23-12-8-6-9-13-23)20-26-28(24-14-16-25(17-15-24)44(4,39)40)45(41,42)35-32(26)18-10-7-11-19-32;3-2(4,5)1(6)7/h6,8-9,12-17,27,35H,5,7,10-11,18-22,33H2,1-4H3,(H,34,38);(H,6,7)/t27-;/m1./s1. The van der Waals surface area contributed by atoms with Crippen LogP contribution in [0.2, 0.25) is 0 Å². The van der Waals surface area contributed by atoms with E-state index in [0.717, 1.165) is 31.1 Å². The number of likely N-dealkylation sites (N-methyl/N-ethyl adjacent to an activating group) is 1. The summed E-state index contributed by atoms with van der Waals surface area (Å²) in [5, 5.41) is 9.87. The van der Waals surface area contributed by atoms with Crippen molar-refractivity contribution >= 4 is 42.5 Å². The summed E-state index contributed by atoms with van der Waals surface area (Å²) >= 11 is 0. The molecule has 0 saturated heterocycles. The molecule has 18 heteroatoms. The first-order valence-corrected chi connectivity index (χ1v) is 19.8. The molecule has 2 aliphatic rings. The molecular weight excluding hydrogens is 730 g/mol. The normalized spacial score (nSPS) is 17.5. The smallest absolute Gasteiger partial charge is 0.475 e. The molecule has 52 heavy (non-hydrogen) atoms. The lowest BCUT2D eigenvalue weighted by molar-refractivity contribution is -0.192. The zero-order valence-corrected chi connectivity index (χ0v) is 31.0. The number of ether oxygens (including phenoxy) is 1. The van der Waals surface area contributed by atoms with E-state index >= 15 is 0 Å². The number of amides is 2. The van der Waals surface area contributed by atoms with E-state index in [0.29, 0.717) is 24.0 Å². The van der Waals surface area contributed by atoms with E-state index in [9.17, 15) is 39.6 Å². The Morgan fingerprint density at radius 1 is 1.04 bits per heavy atom. The molecular formula is C34H45F3N4O9S2. The van der Waals surface area contributed by atoms with Crippen LogP contribution < -0.4 is 15.8 Å². The molecule has 1 aliphatic heterocycles. The van der Waals surface area contributed by atoms with Gasteiger partial charge in [0.05, 0.1) is 34.1 Å². The van der Waals surface area contributed by atoms with Gasteiger partial charge in [-0.2, -0.15) is 13.2 Å². The van der Waals surface area contributed by atoms with Crippen molar-refractivity contribution in [2.45, 2.75) is 87.7 Å². The number of carbonyl (C=O) groups excluding carboxylic acids is 2. The number of carbonyl (C=O) groups is 3. The number of carboxylic acid groups (broad SMARTS) is 1. The third kappa shape index (κ3) is 11.1. The van der Waals surface area contributed by atoms with Gasteiger partial charge in [0.25, 0.3) is 0 Å². The summed E-state index contributed by atoms with van der Waals surface area (Å²) in [4.78, 5) is 37.6. The monoisotopic (exact) mass is 774 g/mol. The molecule has 0 aromatic heterocycles. The van der Waals surface area contributed by atoms with Gasteiger partial charge >= 0.3 is 12.1 Å². The van der Waals surface area contributed by atoms with Crippen LogP contribution in [0.5, 0.6) is 0 Å². The minimum Gasteiger partial charge on any atom is -0.475 e. The van der Waals surface area contributed by atoms with Gasteiger partial charge in [-0.05, 0) is 62.4 Å². The fraction of sp³-hybridized carbons (Fsp3) is 0.500. The summed E-state index contributed by atoms with van der Waals surface area (Å²) < 4.78 is 92.2. The average molecular weight is 775 g/mol. The first kappa shape index (κ1) is 42.6. The molecule has 0 bridgehead atoms. The fourth-order valence-corrected chi connectivity index (χ4v) is 8.46. The van der Waals surface area contributed by atoms with Crippen LogP contribution in [0.25, 0.3) is 4.91 Å². The summed E-state index contributed by atoms with van der Waals surface area (Å²) in [7, 11) is -7.49. The quantitative estimate of drug-likeness (QED) is 0.248. The van der Waals surface area contributed by atoms with Gasteiger partial charge in [0, 0.05) is 19.3 Å². The molecule has 2 aromatic carbocycles. The number of carboxylic acids is 1. The third-order valence-corrected chi connectivity index (χ3v) is 11.4. The summed E-state index contributed by atoms with van der Waals surface area (Å²) in [6.07, 6.45) is -0.270. The second-order valence-corrected chi connectivity index (χ2v) is 16.9. The SMILES string of the molecule is CCN(CC1=C(c2ccc(S(C)(=O)=O)cc2)S(=O)(=O)NC12CCCCC2)C(=O)[C@@H](COCc1ccccc1)NC(=O)C(C)(C)N.O=C(O)C(F)(F)F. The van der Waals surface area contributed by atoms with Gasteiger partial charge in [0.15, 0.2) is 9.84 Å². The molecule has 1 saturated carbocycles. The Morgan fingerprint density at radius 3 is 2.08 bits per heavy atom. The Bertz CT molecular complexity index is 1840. The van der Waals surface area contributed by atoms with Gasteiger partial charge in [-0.25, -0.2) is 26.4 Å². The van der Waals surface area contributed by atoms with Gasteiger partial charge in [-0.3, -0.25) is 9.59 Å². The van der Waals surface area contributed by atoms with Crippen molar-refractivity contribution in [3.8, 4) is 0 Å². The van der Waals surface area contributed by atoms with Crippen LogP contribution >= 0.6 is 0 Å². The highest BCUT2D eigenvalue weighted by Gasteiger charge is 2.50. The molecule has 0 radical (unpaired) electrons. The number of sulfone groups is 1. The molecule has 1 heterocycles. The van der Waals surface area contributed by atoms with E-state index in [4.69, 9.17) is 20.4 Å². The number of hydrogen-bond acceptors (Lipinski definition) is 9. The van der Waals surface area contributed by atoms with E-state index in [1.54, 1.807) is 20.8 Å². The van der Waals surface area contributed by atoms with Gasteiger partial charge < -0.3 is 25.8 Å². The number of nitrogens with zero attached hydrogens (tertiary/aromatic N) is 1. The Kier molecular flexibility index (Phi) is 13.8. The third-order valence-electron chi connectivity index (χ3n) is 8.57. The maximum absolute atomic E-state index is 14.1. The van der Waals surface area contributed by atoms with Crippen LogP contribution in [-0.4, -0.2) is 93.9 Å². The van der Waals surface area contributed by atoms with Crippen LogP contribution in [0.4, 0.5) is 13.2 Å². The van der Waals surface area contributed by atoms with Crippen LogP contribution in [-0.2, 0) is 45.6 Å². The number of nitrogens with one attached hydrogen (secondary N) is 2. The maximum Gasteiger partial charge on any atom is 0.490 e. The van der Waals surface area contributed by atoms with Gasteiger partial charge in [0.2, 0.25) is 21.8 Å². The number of alkyl halides is 3. The Balaban J connectivity index is 0.000000944. The molecule has 0 unspecified atom stereocenters. The molecule has 5 N–H and O–H groups in total. The van der Waals surface area contributed by atoms with Crippen molar-refractivity contribution in [3.63, 3.8) is 0 Å². The number of hydrogen-bond donors (Lipinski definition) is 4. The van der Waals surface area contributed by atoms with Crippen molar-refractivity contribution in [2.75, 3.05) is 26.0 Å². The van der Waals surface area contributed by atoms with Crippen molar-refractivity contribution in [1.82, 2.24) is 14.9 Å². The van der Waals surface area contributed by atoms with Crippen LogP contribution in [0.3, 0.4) is 0 Å². The minimum absolute atomic E-state index is 0.0121. The highest BCUT2D eigenvalue weighted by Crippen LogP contribution is 2.46. The highest BCUT2D eigenvalue weighted by atomic mass is 32.2. The molecule has 1 aliphatic carbocycles. The molecule has 1 atom stereocenters. The first-order chi connectivity index (χ1) is 24.0. The Morgan fingerprint density at radius 2 is 1.60 bits per heavy atom. The Hall–Kier alpha value is -3.84. The van der Waals surface area contributed by atoms with Crippen molar-refractivity contribution < 1.29 is 54.2 Å². The molecule has 13 nitrogen and oxygen atoms in total. The number of benzene rings is 2. The molecule has 288 valence electrons. The van der Waals surface area contributed by atoms with Gasteiger partial charge in [0.1, 0.15) is 6.04 Å². The van der Waals surface area contributed by atoms with E-state index in [1.165, 1.54) is 29.2 Å². The lowest BCUT2D eigenvalue weighted by atomic mass is 9.76. The Labute approximate surface area is 301 Å². The van der Waals surface area contributed by atoms with Crippen LogP contribution in [0, 0.1) is 0 Å². The van der Waals surface area contributed by atoms with E-state index < -0.39 is 60.9 Å². The van der Waals surface area contributed by atoms with Crippen LogP contribution in [0.1, 0.15) is 64.0 Å². The number of nitrogens with two attached hydrogens (primary N) is 1. The van der Waals surface area contributed by atoms with Gasteiger partial charge in [-0.1, -0.05) is 61.7 Å². The molecule has 1 spiro atoms. The second-order valence-electron chi connectivity index (χ2n) is 13.3. The van der Waals surface area contributed by atoms with Crippen molar-refractivity contribution in [3.05, 3.63) is 71.3 Å². The number of rotatable bonds is 12. The summed E-state index contributed by atoms with van der Waals surface area (Å²) in [6, 6.07) is 14.1. The van der Waals surface area contributed by atoms with Crippen LogP contribution in [0.15, 0.2) is 65.1 Å². The molecule has 2 aromatic rings. The lowest BCUT2D eigenvalue weighted by Crippen LogP contribution is -2.58. The maximum atomic E-state index is 14.1. The van der Waals surface area contributed by atoms with Gasteiger partial charge in [-0.15, -0.1) is 0 Å². The fourth-order valence-electron chi connectivity index (χ4n) is 5.86. The zero-order valence-electron chi connectivity index (χ0n) is 29.3. The van der Waals surface area contributed by atoms with E-state index in [1.807, 2.05) is 30.3 Å². The predicted octanol–water partition coefficient (Wildman–Crippen LogP) is 3.36. The molecule has 2 amide bonds. The largest absolute Gasteiger partial charge is 0.490 e. The summed E-state index contributed by atoms with van der Waals surface area (Å²) in [5.41, 5.74) is 5.71. The van der Waals surface area contributed by atoms with Crippen molar-refractivity contribution in [2.24, 2.45) is 5.73 Å².